The van der Waals surface area contributed by atoms with Gasteiger partial charge in [0.1, 0.15) is 0 Å². The number of fused-ring (bicyclic) bond motifs is 1. The highest BCUT2D eigenvalue weighted by atomic mass is 32.1. The summed E-state index contributed by atoms with van der Waals surface area (Å²) in [6, 6.07) is 4.73. The number of aryl methyl sites for hydroxylation is 3. The van der Waals surface area contributed by atoms with Gasteiger partial charge in [-0.15, -0.1) is 22.7 Å². The molecule has 2 aromatic heterocycles. The highest BCUT2D eigenvalue weighted by Crippen LogP contribution is 2.36. The van der Waals surface area contributed by atoms with Crippen molar-refractivity contribution in [1.29, 1.82) is 0 Å². The van der Waals surface area contributed by atoms with Crippen LogP contribution < -0.4 is 11.3 Å². The van der Waals surface area contributed by atoms with E-state index in [1.54, 1.807) is 21.8 Å². The number of nitrogens with one attached hydrogen (secondary N) is 1. The molecule has 0 saturated carbocycles. The summed E-state index contributed by atoms with van der Waals surface area (Å²) in [6.45, 7) is 2.17. The predicted octanol–water partition coefficient (Wildman–Crippen LogP) is 3.94. The van der Waals surface area contributed by atoms with Crippen LogP contribution in [-0.4, -0.2) is 0 Å². The molecule has 2 aromatic rings. The Morgan fingerprint density at radius 3 is 2.84 bits per heavy atom. The van der Waals surface area contributed by atoms with Crippen LogP contribution in [0.5, 0.6) is 0 Å². The smallest absolute Gasteiger partial charge is 0.0813 e. The van der Waals surface area contributed by atoms with Crippen LogP contribution in [0, 0.1) is 6.92 Å². The van der Waals surface area contributed by atoms with Gasteiger partial charge in [0.25, 0.3) is 0 Å². The average molecular weight is 292 g/mol. The number of nitrogens with two attached hydrogens (primary N) is 1. The van der Waals surface area contributed by atoms with E-state index in [1.165, 1.54) is 47.4 Å². The molecule has 2 heterocycles. The first-order valence-corrected chi connectivity index (χ1v) is 8.61. The van der Waals surface area contributed by atoms with Gasteiger partial charge >= 0.3 is 0 Å². The van der Waals surface area contributed by atoms with Crippen molar-refractivity contribution in [1.82, 2.24) is 5.43 Å². The Labute approximate surface area is 122 Å². The van der Waals surface area contributed by atoms with Crippen molar-refractivity contribution in [3.8, 4) is 0 Å². The molecular formula is C15H20N2S2. The molecule has 2 nitrogen and oxygen atoms in total. The van der Waals surface area contributed by atoms with E-state index in [0.29, 0.717) is 0 Å². The number of thiophene rings is 2. The summed E-state index contributed by atoms with van der Waals surface area (Å²) in [7, 11) is 0. The van der Waals surface area contributed by atoms with E-state index >= 15 is 0 Å². The molecule has 1 aliphatic rings. The molecular weight excluding hydrogens is 272 g/mol. The Hall–Kier alpha value is -0.680. The van der Waals surface area contributed by atoms with E-state index < -0.39 is 0 Å². The lowest BCUT2D eigenvalue weighted by atomic mass is 10.1. The molecule has 0 saturated heterocycles. The molecule has 102 valence electrons. The first-order valence-electron chi connectivity index (χ1n) is 6.91. The molecule has 0 spiro atoms. The summed E-state index contributed by atoms with van der Waals surface area (Å²) < 4.78 is 0. The van der Waals surface area contributed by atoms with Crippen LogP contribution in [0.2, 0.25) is 0 Å². The summed E-state index contributed by atoms with van der Waals surface area (Å²) in [4.78, 5) is 4.31. The van der Waals surface area contributed by atoms with E-state index in [0.717, 1.165) is 0 Å². The third-order valence-corrected chi connectivity index (χ3v) is 6.09. The van der Waals surface area contributed by atoms with Crippen LogP contribution in [0.3, 0.4) is 0 Å². The van der Waals surface area contributed by atoms with Crippen LogP contribution in [-0.2, 0) is 12.8 Å². The number of rotatable bonds is 3. The zero-order chi connectivity index (χ0) is 13.2. The predicted molar refractivity (Wildman–Crippen MR) is 83.8 cm³/mol. The quantitative estimate of drug-likeness (QED) is 0.511. The van der Waals surface area contributed by atoms with Crippen LogP contribution in [0.4, 0.5) is 0 Å². The Morgan fingerprint density at radius 2 is 2.11 bits per heavy atom. The maximum absolute atomic E-state index is 5.81. The standard InChI is InChI=1S/C15H20N2S2/c1-10-12(7-8-18-10)15(17-16)14-9-11-5-3-2-4-6-13(11)19-14/h7-9,15,17H,2-6,16H2,1H3. The molecule has 1 atom stereocenters. The Kier molecular flexibility index (Phi) is 4.03. The Balaban J connectivity index is 1.94. The second-order valence-electron chi connectivity index (χ2n) is 5.19. The van der Waals surface area contributed by atoms with Gasteiger partial charge in [-0.1, -0.05) is 6.42 Å². The molecule has 1 unspecified atom stereocenters. The third-order valence-electron chi connectivity index (χ3n) is 3.93. The minimum atomic E-state index is 0.156. The van der Waals surface area contributed by atoms with Gasteiger partial charge in [0.2, 0.25) is 0 Å². The Morgan fingerprint density at radius 1 is 1.26 bits per heavy atom. The van der Waals surface area contributed by atoms with Crippen molar-refractivity contribution in [2.24, 2.45) is 5.84 Å². The van der Waals surface area contributed by atoms with Crippen LogP contribution >= 0.6 is 22.7 Å². The lowest BCUT2D eigenvalue weighted by Gasteiger charge is -2.14. The van der Waals surface area contributed by atoms with Crippen LogP contribution in [0.25, 0.3) is 0 Å². The topological polar surface area (TPSA) is 38.0 Å². The van der Waals surface area contributed by atoms with Gasteiger partial charge in [-0.3, -0.25) is 5.84 Å². The van der Waals surface area contributed by atoms with E-state index in [1.807, 2.05) is 11.3 Å². The van der Waals surface area contributed by atoms with E-state index in [9.17, 15) is 0 Å². The van der Waals surface area contributed by atoms with Crippen LogP contribution in [0.1, 0.15) is 51.1 Å². The molecule has 3 N–H and O–H groups in total. The van der Waals surface area contributed by atoms with Crippen molar-refractivity contribution in [2.45, 2.75) is 45.1 Å². The van der Waals surface area contributed by atoms with Gasteiger partial charge in [-0.25, -0.2) is 5.43 Å². The van der Waals surface area contributed by atoms with Gasteiger partial charge in [-0.2, -0.15) is 0 Å². The lowest BCUT2D eigenvalue weighted by molar-refractivity contribution is 0.645. The van der Waals surface area contributed by atoms with Gasteiger partial charge in [0.05, 0.1) is 6.04 Å². The molecule has 0 aliphatic heterocycles. The fourth-order valence-electron chi connectivity index (χ4n) is 2.85. The summed E-state index contributed by atoms with van der Waals surface area (Å²) in [6.07, 6.45) is 6.54. The largest absolute Gasteiger partial charge is 0.271 e. The fourth-order valence-corrected chi connectivity index (χ4v) is 4.93. The van der Waals surface area contributed by atoms with Crippen molar-refractivity contribution >= 4 is 22.7 Å². The normalized spacial score (nSPS) is 16.9. The second kappa shape index (κ2) is 5.75. The zero-order valence-electron chi connectivity index (χ0n) is 11.2. The third kappa shape index (κ3) is 2.63. The average Bonchev–Trinajstić information content (AvgIpc) is 2.93. The van der Waals surface area contributed by atoms with Crippen molar-refractivity contribution in [2.75, 3.05) is 0 Å². The molecule has 4 heteroatoms. The zero-order valence-corrected chi connectivity index (χ0v) is 12.9. The highest BCUT2D eigenvalue weighted by molar-refractivity contribution is 7.12. The van der Waals surface area contributed by atoms with Crippen molar-refractivity contribution < 1.29 is 0 Å². The fraction of sp³-hybridized carbons (Fsp3) is 0.467. The lowest BCUT2D eigenvalue weighted by Crippen LogP contribution is -2.28. The maximum atomic E-state index is 5.81. The van der Waals surface area contributed by atoms with Crippen molar-refractivity contribution in [3.63, 3.8) is 0 Å². The molecule has 0 amide bonds. The molecule has 0 radical (unpaired) electrons. The van der Waals surface area contributed by atoms with Crippen LogP contribution in [0.15, 0.2) is 17.5 Å². The maximum Gasteiger partial charge on any atom is 0.0813 e. The summed E-state index contributed by atoms with van der Waals surface area (Å²) >= 11 is 3.74. The molecule has 19 heavy (non-hydrogen) atoms. The Bertz CT molecular complexity index is 533. The van der Waals surface area contributed by atoms with Gasteiger partial charge in [0.15, 0.2) is 0 Å². The number of hydrogen-bond donors (Lipinski definition) is 2. The van der Waals surface area contributed by atoms with Crippen molar-refractivity contribution in [3.05, 3.63) is 43.3 Å². The first-order chi connectivity index (χ1) is 9.29. The number of hydrogen-bond acceptors (Lipinski definition) is 4. The van der Waals surface area contributed by atoms with E-state index in [4.69, 9.17) is 5.84 Å². The molecule has 0 bridgehead atoms. The van der Waals surface area contributed by atoms with E-state index in [2.05, 4.69) is 29.9 Å². The van der Waals surface area contributed by atoms with Gasteiger partial charge in [-0.05, 0) is 61.2 Å². The molecule has 0 fully saturated rings. The molecule has 1 aliphatic carbocycles. The monoisotopic (exact) mass is 292 g/mol. The van der Waals surface area contributed by atoms with Gasteiger partial charge < -0.3 is 0 Å². The first kappa shape index (κ1) is 13.3. The summed E-state index contributed by atoms with van der Waals surface area (Å²) in [5.74, 6) is 5.81. The van der Waals surface area contributed by atoms with E-state index in [-0.39, 0.29) is 6.04 Å². The summed E-state index contributed by atoms with van der Waals surface area (Å²) in [5.41, 5.74) is 5.89. The molecule has 3 rings (SSSR count). The molecule has 0 aromatic carbocycles. The summed E-state index contributed by atoms with van der Waals surface area (Å²) in [5, 5.41) is 2.15. The highest BCUT2D eigenvalue weighted by Gasteiger charge is 2.20. The SMILES string of the molecule is Cc1sccc1C(NN)c1cc2c(s1)CCCCC2. The minimum absolute atomic E-state index is 0.156. The second-order valence-corrected chi connectivity index (χ2v) is 7.48. The van der Waals surface area contributed by atoms with Gasteiger partial charge in [0, 0.05) is 14.6 Å². The number of hydrazine groups is 1. The minimum Gasteiger partial charge on any atom is -0.271 e.